The van der Waals surface area contributed by atoms with Gasteiger partial charge in [-0.1, -0.05) is 52.4 Å². The normalized spacial score (nSPS) is 42.3. The fourth-order valence-corrected chi connectivity index (χ4v) is 5.09. The predicted molar refractivity (Wildman–Crippen MR) is 94.1 cm³/mol. The van der Waals surface area contributed by atoms with E-state index in [-0.39, 0.29) is 18.0 Å². The van der Waals surface area contributed by atoms with Crippen LogP contribution in [0.15, 0.2) is 0 Å². The fraction of sp³-hybridized carbons (Fsp3) is 0.952. The number of rotatable bonds is 4. The molecule has 0 spiro atoms. The average Bonchev–Trinajstić information content (AvgIpc) is 2.56. The van der Waals surface area contributed by atoms with E-state index in [1.165, 1.54) is 57.8 Å². The first-order chi connectivity index (χ1) is 11.1. The van der Waals surface area contributed by atoms with Gasteiger partial charge in [-0.15, -0.1) is 0 Å². The zero-order valence-corrected chi connectivity index (χ0v) is 15.3. The zero-order valence-electron chi connectivity index (χ0n) is 15.3. The summed E-state index contributed by atoms with van der Waals surface area (Å²) in [5.41, 5.74) is 0. The van der Waals surface area contributed by atoms with Gasteiger partial charge in [0.25, 0.3) is 0 Å². The van der Waals surface area contributed by atoms with Crippen LogP contribution in [0.5, 0.6) is 0 Å². The molecule has 3 aliphatic rings. The quantitative estimate of drug-likeness (QED) is 0.617. The molecule has 0 aromatic rings. The van der Waals surface area contributed by atoms with Crippen molar-refractivity contribution in [3.05, 3.63) is 0 Å². The molecule has 2 saturated carbocycles. The molecule has 2 atom stereocenters. The van der Waals surface area contributed by atoms with E-state index in [1.807, 2.05) is 0 Å². The van der Waals surface area contributed by atoms with Gasteiger partial charge in [-0.2, -0.15) is 0 Å². The smallest absolute Gasteiger partial charge is 0.309 e. The van der Waals surface area contributed by atoms with E-state index in [9.17, 15) is 4.79 Å². The van der Waals surface area contributed by atoms with Crippen molar-refractivity contribution in [2.24, 2.45) is 29.6 Å². The molecular formula is C21H36O2. The molecule has 0 amide bonds. The van der Waals surface area contributed by atoms with Crippen LogP contribution in [0.3, 0.4) is 0 Å². The summed E-state index contributed by atoms with van der Waals surface area (Å²) in [6, 6.07) is 0. The van der Waals surface area contributed by atoms with Crippen LogP contribution in [0, 0.1) is 29.6 Å². The van der Waals surface area contributed by atoms with Crippen LogP contribution in [0.4, 0.5) is 0 Å². The Balaban J connectivity index is 1.39. The van der Waals surface area contributed by atoms with Crippen LogP contribution in [0.25, 0.3) is 0 Å². The van der Waals surface area contributed by atoms with Gasteiger partial charge in [-0.3, -0.25) is 4.79 Å². The molecule has 2 unspecified atom stereocenters. The fourth-order valence-electron chi connectivity index (χ4n) is 5.09. The lowest BCUT2D eigenvalue weighted by molar-refractivity contribution is -0.165. The molecule has 0 bridgehead atoms. The molecule has 0 aromatic heterocycles. The topological polar surface area (TPSA) is 26.3 Å². The summed E-state index contributed by atoms with van der Waals surface area (Å²) in [5.74, 6) is 3.64. The Morgan fingerprint density at radius 2 is 1.39 bits per heavy atom. The van der Waals surface area contributed by atoms with Gasteiger partial charge in [0.1, 0.15) is 6.10 Å². The molecule has 2 heteroatoms. The molecule has 23 heavy (non-hydrogen) atoms. The Bertz CT molecular complexity index is 375. The SMILES string of the molecule is CC1CCC(CCC2CCC(C3CCC(C)CC3)OC2=O)CC1. The average molecular weight is 321 g/mol. The number of carbonyl (C=O) groups excluding carboxylic acids is 1. The first-order valence-corrected chi connectivity index (χ1v) is 10.3. The monoisotopic (exact) mass is 320 g/mol. The summed E-state index contributed by atoms with van der Waals surface area (Å²) in [7, 11) is 0. The highest BCUT2D eigenvalue weighted by Gasteiger charge is 2.35. The third kappa shape index (κ3) is 4.73. The van der Waals surface area contributed by atoms with Crippen molar-refractivity contribution in [3.63, 3.8) is 0 Å². The maximum absolute atomic E-state index is 12.4. The Hall–Kier alpha value is -0.530. The Morgan fingerprint density at radius 3 is 2.00 bits per heavy atom. The predicted octanol–water partition coefficient (Wildman–Crippen LogP) is 5.74. The summed E-state index contributed by atoms with van der Waals surface area (Å²) in [6.07, 6.45) is 15.5. The second-order valence-electron chi connectivity index (χ2n) is 8.97. The number of esters is 1. The molecule has 132 valence electrons. The number of hydrogen-bond acceptors (Lipinski definition) is 2. The summed E-state index contributed by atoms with van der Waals surface area (Å²) in [5, 5.41) is 0. The van der Waals surface area contributed by atoms with Gasteiger partial charge < -0.3 is 4.74 Å². The molecule has 1 heterocycles. The van der Waals surface area contributed by atoms with Crippen LogP contribution in [0.2, 0.25) is 0 Å². The van der Waals surface area contributed by atoms with Crippen molar-refractivity contribution >= 4 is 5.97 Å². The lowest BCUT2D eigenvalue weighted by Gasteiger charge is -2.37. The molecule has 0 aromatic carbocycles. The van der Waals surface area contributed by atoms with Crippen LogP contribution >= 0.6 is 0 Å². The molecule has 0 radical (unpaired) electrons. The highest BCUT2D eigenvalue weighted by molar-refractivity contribution is 5.73. The minimum absolute atomic E-state index is 0.129. The Labute approximate surface area is 142 Å². The van der Waals surface area contributed by atoms with Crippen molar-refractivity contribution < 1.29 is 9.53 Å². The molecule has 0 N–H and O–H groups in total. The van der Waals surface area contributed by atoms with Gasteiger partial charge in [0.05, 0.1) is 5.92 Å². The first kappa shape index (κ1) is 17.3. The number of cyclic esters (lactones) is 1. The van der Waals surface area contributed by atoms with Crippen molar-refractivity contribution in [2.75, 3.05) is 0 Å². The highest BCUT2D eigenvalue weighted by atomic mass is 16.5. The van der Waals surface area contributed by atoms with Crippen LogP contribution in [-0.4, -0.2) is 12.1 Å². The van der Waals surface area contributed by atoms with E-state index < -0.39 is 0 Å². The van der Waals surface area contributed by atoms with E-state index in [0.29, 0.717) is 5.92 Å². The van der Waals surface area contributed by atoms with E-state index >= 15 is 0 Å². The van der Waals surface area contributed by atoms with E-state index in [2.05, 4.69) is 13.8 Å². The van der Waals surface area contributed by atoms with Gasteiger partial charge in [-0.25, -0.2) is 0 Å². The molecule has 1 aliphatic heterocycles. The molecule has 2 nitrogen and oxygen atoms in total. The van der Waals surface area contributed by atoms with Crippen molar-refractivity contribution in [1.82, 2.24) is 0 Å². The van der Waals surface area contributed by atoms with Crippen molar-refractivity contribution in [3.8, 4) is 0 Å². The lowest BCUT2D eigenvalue weighted by atomic mass is 9.76. The number of ether oxygens (including phenoxy) is 1. The summed E-state index contributed by atoms with van der Waals surface area (Å²) >= 11 is 0. The van der Waals surface area contributed by atoms with Crippen molar-refractivity contribution in [2.45, 2.75) is 97.0 Å². The third-order valence-electron chi connectivity index (χ3n) is 7.05. The van der Waals surface area contributed by atoms with Gasteiger partial charge in [0, 0.05) is 0 Å². The summed E-state index contributed by atoms with van der Waals surface area (Å²) in [6.45, 7) is 4.73. The zero-order chi connectivity index (χ0) is 16.2. The largest absolute Gasteiger partial charge is 0.462 e. The van der Waals surface area contributed by atoms with Gasteiger partial charge in [0.2, 0.25) is 0 Å². The van der Waals surface area contributed by atoms with E-state index in [4.69, 9.17) is 4.74 Å². The maximum Gasteiger partial charge on any atom is 0.309 e. The molecule has 3 fully saturated rings. The Kier molecular flexibility index (Phi) is 6.04. The van der Waals surface area contributed by atoms with Crippen LogP contribution in [0.1, 0.15) is 90.9 Å². The van der Waals surface area contributed by atoms with Gasteiger partial charge in [-0.05, 0) is 62.2 Å². The number of carbonyl (C=O) groups is 1. The second-order valence-corrected chi connectivity index (χ2v) is 8.97. The second kappa shape index (κ2) is 8.03. The molecule has 2 aliphatic carbocycles. The molecular weight excluding hydrogens is 284 g/mol. The standard InChI is InChI=1S/C21H36O2/c1-15-3-7-17(8-4-15)9-12-19-13-14-20(23-21(19)22)18-10-5-16(2)6-11-18/h15-20H,3-14H2,1-2H3. The molecule has 3 rings (SSSR count). The van der Waals surface area contributed by atoms with Gasteiger partial charge >= 0.3 is 5.97 Å². The Morgan fingerprint density at radius 1 is 0.783 bits per heavy atom. The van der Waals surface area contributed by atoms with Crippen LogP contribution < -0.4 is 0 Å². The van der Waals surface area contributed by atoms with Crippen molar-refractivity contribution in [1.29, 1.82) is 0 Å². The van der Waals surface area contributed by atoms with Crippen LogP contribution in [-0.2, 0) is 9.53 Å². The maximum atomic E-state index is 12.4. The molecule has 1 saturated heterocycles. The minimum atomic E-state index is 0.129. The third-order valence-corrected chi connectivity index (χ3v) is 7.05. The summed E-state index contributed by atoms with van der Waals surface area (Å²) < 4.78 is 5.89. The highest BCUT2D eigenvalue weighted by Crippen LogP contribution is 2.38. The first-order valence-electron chi connectivity index (χ1n) is 10.3. The summed E-state index contributed by atoms with van der Waals surface area (Å²) in [4.78, 5) is 12.4. The van der Waals surface area contributed by atoms with Gasteiger partial charge in [0.15, 0.2) is 0 Å². The minimum Gasteiger partial charge on any atom is -0.462 e. The van der Waals surface area contributed by atoms with E-state index in [1.54, 1.807) is 0 Å². The van der Waals surface area contributed by atoms with E-state index in [0.717, 1.165) is 37.0 Å². The number of hydrogen-bond donors (Lipinski definition) is 0. The lowest BCUT2D eigenvalue weighted by Crippen LogP contribution is -2.37.